The van der Waals surface area contributed by atoms with E-state index in [2.05, 4.69) is 14.7 Å². The Hall–Kier alpha value is -1.56. The molecule has 0 unspecified atom stereocenters. The Kier molecular flexibility index (Phi) is 4.62. The first-order valence-corrected chi connectivity index (χ1v) is 8.60. The molecule has 1 aromatic heterocycles. The molecule has 2 fully saturated rings. The Balaban J connectivity index is 1.36. The predicted molar refractivity (Wildman–Crippen MR) is 88.2 cm³/mol. The van der Waals surface area contributed by atoms with Gasteiger partial charge in [-0.1, -0.05) is 0 Å². The zero-order valence-corrected chi connectivity index (χ0v) is 14.4. The zero-order chi connectivity index (χ0) is 16.4. The van der Waals surface area contributed by atoms with E-state index in [4.69, 9.17) is 4.74 Å². The number of nitrogens with zero attached hydrogens (tertiary/aromatic N) is 4. The van der Waals surface area contributed by atoms with Gasteiger partial charge in [-0.25, -0.2) is 4.79 Å². The molecule has 3 rings (SSSR count). The number of ether oxygens (including phenoxy) is 1. The van der Waals surface area contributed by atoms with Gasteiger partial charge in [0.25, 0.3) is 0 Å². The molecule has 2 saturated heterocycles. The van der Waals surface area contributed by atoms with Gasteiger partial charge in [0.1, 0.15) is 5.60 Å². The number of hydrogen-bond acceptors (Lipinski definition) is 4. The summed E-state index contributed by atoms with van der Waals surface area (Å²) >= 11 is 0. The lowest BCUT2D eigenvalue weighted by Crippen LogP contribution is -2.51. The summed E-state index contributed by atoms with van der Waals surface area (Å²) in [6.07, 6.45) is 5.86. The lowest BCUT2D eigenvalue weighted by molar-refractivity contribution is 0.0134. The highest BCUT2D eigenvalue weighted by molar-refractivity contribution is 5.68. The Morgan fingerprint density at radius 2 is 1.96 bits per heavy atom. The number of rotatable bonds is 3. The Bertz CT molecular complexity index is 509. The number of aromatic nitrogens is 2. The predicted octanol–water partition coefficient (Wildman–Crippen LogP) is 2.39. The maximum absolute atomic E-state index is 12.1. The van der Waals surface area contributed by atoms with E-state index in [-0.39, 0.29) is 6.09 Å². The minimum Gasteiger partial charge on any atom is -0.444 e. The fourth-order valence-electron chi connectivity index (χ4n) is 3.35. The van der Waals surface area contributed by atoms with Gasteiger partial charge in [0.15, 0.2) is 0 Å². The topological polar surface area (TPSA) is 50.6 Å². The molecule has 6 nitrogen and oxygen atoms in total. The van der Waals surface area contributed by atoms with Gasteiger partial charge in [-0.3, -0.25) is 9.58 Å². The van der Waals surface area contributed by atoms with E-state index in [1.807, 2.05) is 44.1 Å². The smallest absolute Gasteiger partial charge is 0.410 e. The number of likely N-dealkylation sites (tertiary alicyclic amines) is 2. The average Bonchev–Trinajstić information content (AvgIpc) is 2.94. The lowest BCUT2D eigenvalue weighted by atomic mass is 9.94. The molecule has 0 N–H and O–H groups in total. The van der Waals surface area contributed by atoms with Gasteiger partial charge >= 0.3 is 6.09 Å². The third kappa shape index (κ3) is 4.25. The molecule has 128 valence electrons. The van der Waals surface area contributed by atoms with Crippen LogP contribution in [0, 0.1) is 5.92 Å². The summed E-state index contributed by atoms with van der Waals surface area (Å²) in [7, 11) is 0. The molecule has 0 aliphatic carbocycles. The minimum atomic E-state index is -0.410. The van der Waals surface area contributed by atoms with Crippen molar-refractivity contribution >= 4 is 6.09 Å². The molecule has 23 heavy (non-hydrogen) atoms. The van der Waals surface area contributed by atoms with Crippen LogP contribution in [0.15, 0.2) is 18.5 Å². The van der Waals surface area contributed by atoms with Gasteiger partial charge in [0.05, 0.1) is 6.04 Å². The summed E-state index contributed by atoms with van der Waals surface area (Å²) in [4.78, 5) is 16.4. The fraction of sp³-hybridized carbons (Fsp3) is 0.765. The largest absolute Gasteiger partial charge is 0.444 e. The van der Waals surface area contributed by atoms with E-state index < -0.39 is 5.60 Å². The first kappa shape index (κ1) is 16.3. The monoisotopic (exact) mass is 320 g/mol. The normalized spacial score (nSPS) is 21.3. The van der Waals surface area contributed by atoms with Gasteiger partial charge in [-0.05, 0) is 45.6 Å². The van der Waals surface area contributed by atoms with Crippen molar-refractivity contribution in [3.63, 3.8) is 0 Å². The number of carbonyl (C=O) groups excluding carboxylic acids is 1. The molecule has 3 heterocycles. The maximum atomic E-state index is 12.1. The third-order valence-electron chi connectivity index (χ3n) is 4.62. The van der Waals surface area contributed by atoms with Gasteiger partial charge in [0.2, 0.25) is 0 Å². The van der Waals surface area contributed by atoms with Crippen molar-refractivity contribution < 1.29 is 9.53 Å². The van der Waals surface area contributed by atoms with Crippen molar-refractivity contribution in [2.75, 3.05) is 32.7 Å². The second kappa shape index (κ2) is 6.51. The summed E-state index contributed by atoms with van der Waals surface area (Å²) < 4.78 is 7.51. The molecule has 6 heteroatoms. The van der Waals surface area contributed by atoms with E-state index in [0.717, 1.165) is 45.6 Å². The maximum Gasteiger partial charge on any atom is 0.410 e. The van der Waals surface area contributed by atoms with Crippen molar-refractivity contribution in [1.82, 2.24) is 19.6 Å². The number of piperidine rings is 1. The van der Waals surface area contributed by atoms with E-state index in [1.54, 1.807) is 0 Å². The quantitative estimate of drug-likeness (QED) is 0.858. The molecule has 0 radical (unpaired) electrons. The van der Waals surface area contributed by atoms with Crippen LogP contribution in [0.2, 0.25) is 0 Å². The Labute approximate surface area is 138 Å². The van der Waals surface area contributed by atoms with Crippen LogP contribution in [0.25, 0.3) is 0 Å². The van der Waals surface area contributed by atoms with E-state index in [9.17, 15) is 4.79 Å². The van der Waals surface area contributed by atoms with E-state index >= 15 is 0 Å². The first-order valence-electron chi connectivity index (χ1n) is 8.60. The molecule has 0 saturated carbocycles. The number of hydrogen-bond donors (Lipinski definition) is 0. The van der Waals surface area contributed by atoms with E-state index in [1.165, 1.54) is 0 Å². The van der Waals surface area contributed by atoms with Crippen LogP contribution in [-0.2, 0) is 4.74 Å². The van der Waals surface area contributed by atoms with Gasteiger partial charge in [-0.15, -0.1) is 0 Å². The molecule has 0 aromatic carbocycles. The minimum absolute atomic E-state index is 0.168. The summed E-state index contributed by atoms with van der Waals surface area (Å²) in [6, 6.07) is 2.52. The van der Waals surface area contributed by atoms with Gasteiger partial charge in [-0.2, -0.15) is 5.10 Å². The van der Waals surface area contributed by atoms with Crippen molar-refractivity contribution in [2.24, 2.45) is 5.92 Å². The highest BCUT2D eigenvalue weighted by Gasteiger charge is 2.32. The highest BCUT2D eigenvalue weighted by Crippen LogP contribution is 2.26. The van der Waals surface area contributed by atoms with Crippen molar-refractivity contribution in [2.45, 2.75) is 45.3 Å². The molecule has 0 spiro atoms. The van der Waals surface area contributed by atoms with Crippen LogP contribution in [0.3, 0.4) is 0 Å². The van der Waals surface area contributed by atoms with Crippen LogP contribution >= 0.6 is 0 Å². The van der Waals surface area contributed by atoms with E-state index in [0.29, 0.717) is 12.0 Å². The molecule has 2 aliphatic heterocycles. The van der Waals surface area contributed by atoms with Crippen LogP contribution < -0.4 is 0 Å². The second-order valence-corrected chi connectivity index (χ2v) is 7.77. The Morgan fingerprint density at radius 3 is 2.52 bits per heavy atom. The molecule has 2 aliphatic rings. The fourth-order valence-corrected chi connectivity index (χ4v) is 3.35. The Morgan fingerprint density at radius 1 is 1.26 bits per heavy atom. The third-order valence-corrected chi connectivity index (χ3v) is 4.62. The van der Waals surface area contributed by atoms with Crippen LogP contribution in [-0.4, -0.2) is 64.0 Å². The number of carbonyl (C=O) groups is 1. The summed E-state index contributed by atoms with van der Waals surface area (Å²) in [5.74, 6) is 0.687. The van der Waals surface area contributed by atoms with Crippen LogP contribution in [0.4, 0.5) is 4.79 Å². The zero-order valence-electron chi connectivity index (χ0n) is 14.4. The molecule has 1 amide bonds. The molecule has 0 bridgehead atoms. The SMILES string of the molecule is CC(C)(C)OC(=O)N1CCC(CN2CC(n3cccn3)C2)CC1. The van der Waals surface area contributed by atoms with Crippen molar-refractivity contribution in [1.29, 1.82) is 0 Å². The number of amides is 1. The molecule has 1 aromatic rings. The summed E-state index contributed by atoms with van der Waals surface area (Å²) in [5, 5.41) is 4.31. The van der Waals surface area contributed by atoms with Crippen LogP contribution in [0.5, 0.6) is 0 Å². The standard InChI is InChI=1S/C17H28N4O2/c1-17(2,3)23-16(22)20-9-5-14(6-10-20)11-19-12-15(13-19)21-8-4-7-18-21/h4,7-8,14-15H,5-6,9-13H2,1-3H3. The first-order chi connectivity index (χ1) is 10.9. The van der Waals surface area contributed by atoms with Crippen molar-refractivity contribution in [3.8, 4) is 0 Å². The van der Waals surface area contributed by atoms with Crippen LogP contribution in [0.1, 0.15) is 39.7 Å². The molecular formula is C17H28N4O2. The van der Waals surface area contributed by atoms with Gasteiger partial charge < -0.3 is 9.64 Å². The highest BCUT2D eigenvalue weighted by atomic mass is 16.6. The average molecular weight is 320 g/mol. The van der Waals surface area contributed by atoms with Crippen molar-refractivity contribution in [3.05, 3.63) is 18.5 Å². The molecule has 0 atom stereocenters. The van der Waals surface area contributed by atoms with Gasteiger partial charge in [0, 0.05) is 45.1 Å². The lowest BCUT2D eigenvalue weighted by Gasteiger charge is -2.42. The second-order valence-electron chi connectivity index (χ2n) is 7.77. The molecular weight excluding hydrogens is 292 g/mol. The summed E-state index contributed by atoms with van der Waals surface area (Å²) in [6.45, 7) is 10.7. The summed E-state index contributed by atoms with van der Waals surface area (Å²) in [5.41, 5.74) is -0.410.